The second-order valence-corrected chi connectivity index (χ2v) is 7.02. The van der Waals surface area contributed by atoms with Gasteiger partial charge in [0.15, 0.2) is 0 Å². The van der Waals surface area contributed by atoms with Gasteiger partial charge in [0, 0.05) is 5.70 Å². The Morgan fingerprint density at radius 3 is 2.48 bits per heavy atom. The normalized spacial score (nSPS) is 16.8. The van der Waals surface area contributed by atoms with Crippen molar-refractivity contribution in [3.05, 3.63) is 41.1 Å². The molecule has 2 amide bonds. The average molecular weight is 374 g/mol. The van der Waals surface area contributed by atoms with E-state index in [0.717, 1.165) is 24.2 Å². The maximum absolute atomic E-state index is 12.6. The number of allylic oxidation sites excluding steroid dienone is 1. The van der Waals surface area contributed by atoms with Gasteiger partial charge >= 0.3 is 12.0 Å². The minimum absolute atomic E-state index is 0.284. The molecule has 27 heavy (non-hydrogen) atoms. The number of carbonyl (C=O) groups excluding carboxylic acids is 2. The van der Waals surface area contributed by atoms with Crippen LogP contribution in [0, 0.1) is 5.92 Å². The first-order valence-electron chi connectivity index (χ1n) is 9.66. The molecule has 2 rings (SSSR count). The zero-order chi connectivity index (χ0) is 19.8. The fourth-order valence-corrected chi connectivity index (χ4v) is 2.89. The van der Waals surface area contributed by atoms with Crippen LogP contribution in [0.4, 0.5) is 4.79 Å². The summed E-state index contributed by atoms with van der Waals surface area (Å²) in [6.45, 7) is 8.95. The van der Waals surface area contributed by atoms with Crippen molar-refractivity contribution in [3.8, 4) is 5.75 Å². The summed E-state index contributed by atoms with van der Waals surface area (Å²) in [6, 6.07) is 6.63. The minimum Gasteiger partial charge on any atom is -0.493 e. The third kappa shape index (κ3) is 5.74. The third-order valence-electron chi connectivity index (χ3n) is 4.23. The minimum atomic E-state index is -0.538. The van der Waals surface area contributed by atoms with E-state index in [4.69, 9.17) is 9.47 Å². The first-order valence-corrected chi connectivity index (χ1v) is 9.66. The van der Waals surface area contributed by atoms with Gasteiger partial charge in [-0.25, -0.2) is 9.59 Å². The summed E-state index contributed by atoms with van der Waals surface area (Å²) in [4.78, 5) is 24.8. The molecule has 1 aromatic carbocycles. The van der Waals surface area contributed by atoms with Crippen molar-refractivity contribution < 1.29 is 19.1 Å². The summed E-state index contributed by atoms with van der Waals surface area (Å²) in [5.41, 5.74) is 1.93. The molecule has 1 aliphatic heterocycles. The first-order chi connectivity index (χ1) is 13.0. The number of rotatable bonds is 9. The van der Waals surface area contributed by atoms with Gasteiger partial charge in [0.1, 0.15) is 5.75 Å². The number of benzene rings is 1. The lowest BCUT2D eigenvalue weighted by Gasteiger charge is -2.29. The van der Waals surface area contributed by atoms with Crippen LogP contribution in [0.25, 0.3) is 0 Å². The van der Waals surface area contributed by atoms with Crippen LogP contribution in [0.2, 0.25) is 0 Å². The van der Waals surface area contributed by atoms with E-state index in [-0.39, 0.29) is 12.6 Å². The quantitative estimate of drug-likeness (QED) is 0.639. The largest absolute Gasteiger partial charge is 0.493 e. The van der Waals surface area contributed by atoms with Crippen LogP contribution in [-0.4, -0.2) is 25.2 Å². The fourth-order valence-electron chi connectivity index (χ4n) is 2.89. The number of carbonyl (C=O) groups is 2. The van der Waals surface area contributed by atoms with Crippen molar-refractivity contribution in [1.82, 2.24) is 10.6 Å². The molecule has 1 atom stereocenters. The number of urea groups is 1. The number of ether oxygens (including phenoxy) is 2. The number of esters is 1. The first kappa shape index (κ1) is 20.8. The van der Waals surface area contributed by atoms with E-state index in [0.29, 0.717) is 30.2 Å². The Morgan fingerprint density at radius 2 is 1.89 bits per heavy atom. The van der Waals surface area contributed by atoms with Crippen molar-refractivity contribution in [3.63, 3.8) is 0 Å². The Hall–Kier alpha value is -2.50. The Morgan fingerprint density at radius 1 is 1.19 bits per heavy atom. The lowest BCUT2D eigenvalue weighted by atomic mass is 9.93. The molecule has 0 saturated heterocycles. The highest BCUT2D eigenvalue weighted by molar-refractivity contribution is 5.95. The monoisotopic (exact) mass is 374 g/mol. The molecule has 6 nitrogen and oxygen atoms in total. The molecule has 6 heteroatoms. The standard InChI is InChI=1S/C21H30N2O4/c1-5-7-8-17-18(20(24)26-6-2)19(23-21(25)22-17)15-9-11-16(12-10-15)27-13-14(3)4/h9-12,14,19H,5-8,13H2,1-4H3,(H2,22,23,25). The molecular weight excluding hydrogens is 344 g/mol. The van der Waals surface area contributed by atoms with Gasteiger partial charge in [0.05, 0.1) is 24.8 Å². The summed E-state index contributed by atoms with van der Waals surface area (Å²) in [6.07, 6.45) is 2.48. The summed E-state index contributed by atoms with van der Waals surface area (Å²) >= 11 is 0. The number of hydrogen-bond acceptors (Lipinski definition) is 4. The molecule has 0 radical (unpaired) electrons. The summed E-state index contributed by atoms with van der Waals surface area (Å²) in [7, 11) is 0. The van der Waals surface area contributed by atoms with Gasteiger partial charge in [-0.05, 0) is 43.4 Å². The van der Waals surface area contributed by atoms with Crippen LogP contribution in [0.3, 0.4) is 0 Å². The predicted octanol–water partition coefficient (Wildman–Crippen LogP) is 4.08. The Balaban J connectivity index is 2.32. The van der Waals surface area contributed by atoms with Gasteiger partial charge in [-0.15, -0.1) is 0 Å². The van der Waals surface area contributed by atoms with E-state index in [1.54, 1.807) is 6.92 Å². The van der Waals surface area contributed by atoms with Crippen LogP contribution in [0.15, 0.2) is 35.5 Å². The molecule has 0 fully saturated rings. The molecule has 1 aliphatic rings. The molecule has 148 valence electrons. The number of unbranched alkanes of at least 4 members (excludes halogenated alkanes) is 1. The van der Waals surface area contributed by atoms with Crippen molar-refractivity contribution >= 4 is 12.0 Å². The second kappa shape index (κ2) is 10.00. The van der Waals surface area contributed by atoms with Gasteiger partial charge < -0.3 is 20.1 Å². The molecular formula is C21H30N2O4. The van der Waals surface area contributed by atoms with Crippen LogP contribution in [0.1, 0.15) is 58.6 Å². The van der Waals surface area contributed by atoms with Gasteiger partial charge in [0.2, 0.25) is 0 Å². The SMILES string of the molecule is CCCCC1=C(C(=O)OCC)C(c2ccc(OCC(C)C)cc2)NC(=O)N1. The van der Waals surface area contributed by atoms with E-state index in [1.165, 1.54) is 0 Å². The van der Waals surface area contributed by atoms with Gasteiger partial charge in [-0.3, -0.25) is 0 Å². The number of nitrogens with one attached hydrogen (secondary N) is 2. The highest BCUT2D eigenvalue weighted by Gasteiger charge is 2.33. The molecule has 1 aromatic rings. The second-order valence-electron chi connectivity index (χ2n) is 7.02. The predicted molar refractivity (Wildman–Crippen MR) is 104 cm³/mol. The molecule has 2 N–H and O–H groups in total. The van der Waals surface area contributed by atoms with Gasteiger partial charge in [-0.1, -0.05) is 39.3 Å². The van der Waals surface area contributed by atoms with E-state index >= 15 is 0 Å². The molecule has 0 saturated carbocycles. The maximum atomic E-state index is 12.6. The maximum Gasteiger partial charge on any atom is 0.338 e. The zero-order valence-corrected chi connectivity index (χ0v) is 16.6. The Kier molecular flexibility index (Phi) is 7.70. The smallest absolute Gasteiger partial charge is 0.338 e. The molecule has 0 aliphatic carbocycles. The number of amides is 2. The molecule has 1 heterocycles. The van der Waals surface area contributed by atoms with E-state index in [1.807, 2.05) is 24.3 Å². The van der Waals surface area contributed by atoms with Crippen molar-refractivity contribution in [2.45, 2.75) is 53.0 Å². The van der Waals surface area contributed by atoms with E-state index in [9.17, 15) is 9.59 Å². The van der Waals surface area contributed by atoms with Crippen LogP contribution < -0.4 is 15.4 Å². The molecule has 0 aromatic heterocycles. The third-order valence-corrected chi connectivity index (χ3v) is 4.23. The number of hydrogen-bond donors (Lipinski definition) is 2. The Labute approximate surface area is 161 Å². The topological polar surface area (TPSA) is 76.7 Å². The van der Waals surface area contributed by atoms with Crippen molar-refractivity contribution in [2.75, 3.05) is 13.2 Å². The average Bonchev–Trinajstić information content (AvgIpc) is 2.64. The lowest BCUT2D eigenvalue weighted by Crippen LogP contribution is -2.46. The highest BCUT2D eigenvalue weighted by atomic mass is 16.5. The van der Waals surface area contributed by atoms with Crippen LogP contribution >= 0.6 is 0 Å². The van der Waals surface area contributed by atoms with E-state index < -0.39 is 12.0 Å². The lowest BCUT2D eigenvalue weighted by molar-refractivity contribution is -0.139. The summed E-state index contributed by atoms with van der Waals surface area (Å²) in [5.74, 6) is 0.801. The van der Waals surface area contributed by atoms with Crippen LogP contribution in [0.5, 0.6) is 5.75 Å². The zero-order valence-electron chi connectivity index (χ0n) is 16.6. The Bertz CT molecular complexity index is 680. The highest BCUT2D eigenvalue weighted by Crippen LogP contribution is 2.30. The van der Waals surface area contributed by atoms with Gasteiger partial charge in [-0.2, -0.15) is 0 Å². The molecule has 0 spiro atoms. The van der Waals surface area contributed by atoms with Crippen molar-refractivity contribution in [2.24, 2.45) is 5.92 Å². The van der Waals surface area contributed by atoms with Crippen molar-refractivity contribution in [1.29, 1.82) is 0 Å². The summed E-state index contributed by atoms with van der Waals surface area (Å²) in [5, 5.41) is 5.64. The fraction of sp³-hybridized carbons (Fsp3) is 0.524. The van der Waals surface area contributed by atoms with Gasteiger partial charge in [0.25, 0.3) is 0 Å². The van der Waals surface area contributed by atoms with Crippen LogP contribution in [-0.2, 0) is 9.53 Å². The summed E-state index contributed by atoms with van der Waals surface area (Å²) < 4.78 is 11.0. The molecule has 1 unspecified atom stereocenters. The molecule has 0 bridgehead atoms. The van der Waals surface area contributed by atoms with E-state index in [2.05, 4.69) is 31.4 Å².